The van der Waals surface area contributed by atoms with Crippen molar-refractivity contribution in [2.45, 2.75) is 6.92 Å². The van der Waals surface area contributed by atoms with Gasteiger partial charge in [-0.15, -0.1) is 11.3 Å². The second-order valence-corrected chi connectivity index (χ2v) is 6.27. The van der Waals surface area contributed by atoms with Crippen molar-refractivity contribution in [2.75, 3.05) is 0 Å². The molecule has 0 aliphatic rings. The molecule has 0 spiro atoms. The fraction of sp³-hybridized carbons (Fsp3) is 0.100. The van der Waals surface area contributed by atoms with Crippen molar-refractivity contribution in [1.82, 2.24) is 4.98 Å². The Morgan fingerprint density at radius 2 is 1.79 bits per heavy atom. The van der Waals surface area contributed by atoms with Crippen molar-refractivity contribution >= 4 is 43.2 Å². The van der Waals surface area contributed by atoms with E-state index in [1.54, 1.807) is 11.3 Å². The molecule has 0 atom stereocenters. The van der Waals surface area contributed by atoms with Crippen molar-refractivity contribution in [1.29, 1.82) is 0 Å². The summed E-state index contributed by atoms with van der Waals surface area (Å²) in [5, 5.41) is 0. The summed E-state index contributed by atoms with van der Waals surface area (Å²) in [7, 11) is 0. The summed E-state index contributed by atoms with van der Waals surface area (Å²) < 4.78 is 2.03. The third-order valence-corrected chi connectivity index (χ3v) is 3.84. The molecule has 1 nitrogen and oxygen atoms in total. The number of aromatic nitrogens is 1. The standard InChI is InChI=1S/C10H7Br2NS/c1-6-9(13-10(12)14-6)7-2-4-8(11)5-3-7/h2-5H,1H3. The number of rotatable bonds is 1. The number of hydrogen-bond acceptors (Lipinski definition) is 2. The fourth-order valence-electron chi connectivity index (χ4n) is 1.24. The van der Waals surface area contributed by atoms with Gasteiger partial charge in [-0.2, -0.15) is 0 Å². The van der Waals surface area contributed by atoms with Gasteiger partial charge in [0.2, 0.25) is 0 Å². The molecule has 0 N–H and O–H groups in total. The zero-order valence-electron chi connectivity index (χ0n) is 7.42. The van der Waals surface area contributed by atoms with Crippen LogP contribution in [0.25, 0.3) is 11.3 Å². The van der Waals surface area contributed by atoms with E-state index < -0.39 is 0 Å². The second-order valence-electron chi connectivity index (χ2n) is 2.88. The summed E-state index contributed by atoms with van der Waals surface area (Å²) in [6.45, 7) is 2.08. The third-order valence-electron chi connectivity index (χ3n) is 1.89. The van der Waals surface area contributed by atoms with Gasteiger partial charge in [0, 0.05) is 14.9 Å². The largest absolute Gasteiger partial charge is 0.229 e. The Kier molecular flexibility index (Phi) is 3.04. The van der Waals surface area contributed by atoms with Gasteiger partial charge in [-0.05, 0) is 35.0 Å². The van der Waals surface area contributed by atoms with Crippen LogP contribution in [0.3, 0.4) is 0 Å². The Bertz CT molecular complexity index is 448. The van der Waals surface area contributed by atoms with Gasteiger partial charge in [-0.25, -0.2) is 4.98 Å². The smallest absolute Gasteiger partial charge is 0.160 e. The summed E-state index contributed by atoms with van der Waals surface area (Å²) >= 11 is 8.47. The minimum atomic E-state index is 0.938. The first kappa shape index (κ1) is 10.3. The molecule has 72 valence electrons. The van der Waals surface area contributed by atoms with Crippen molar-refractivity contribution in [3.05, 3.63) is 37.5 Å². The lowest BCUT2D eigenvalue weighted by molar-refractivity contribution is 1.34. The van der Waals surface area contributed by atoms with Crippen LogP contribution in [0.2, 0.25) is 0 Å². The second kappa shape index (κ2) is 4.13. The lowest BCUT2D eigenvalue weighted by atomic mass is 10.1. The van der Waals surface area contributed by atoms with E-state index in [2.05, 4.69) is 55.9 Å². The van der Waals surface area contributed by atoms with Crippen LogP contribution in [0.5, 0.6) is 0 Å². The first-order valence-electron chi connectivity index (χ1n) is 4.05. The summed E-state index contributed by atoms with van der Waals surface area (Å²) in [6.07, 6.45) is 0. The maximum atomic E-state index is 4.43. The summed E-state index contributed by atoms with van der Waals surface area (Å²) in [6, 6.07) is 8.20. The summed E-state index contributed by atoms with van der Waals surface area (Å²) in [5.41, 5.74) is 2.22. The van der Waals surface area contributed by atoms with Gasteiger partial charge in [0.1, 0.15) is 0 Å². The number of thiazole rings is 1. The van der Waals surface area contributed by atoms with Gasteiger partial charge in [0.05, 0.1) is 5.69 Å². The summed E-state index contributed by atoms with van der Waals surface area (Å²) in [4.78, 5) is 5.67. The van der Waals surface area contributed by atoms with Crippen LogP contribution in [0.4, 0.5) is 0 Å². The number of aryl methyl sites for hydroxylation is 1. The number of hydrogen-bond donors (Lipinski definition) is 0. The molecule has 2 aromatic rings. The first-order chi connectivity index (χ1) is 6.66. The molecule has 14 heavy (non-hydrogen) atoms. The molecular formula is C10H7Br2NS. The molecule has 0 unspecified atom stereocenters. The lowest BCUT2D eigenvalue weighted by Gasteiger charge is -1.98. The van der Waals surface area contributed by atoms with E-state index in [9.17, 15) is 0 Å². The van der Waals surface area contributed by atoms with E-state index in [0.717, 1.165) is 19.6 Å². The number of nitrogens with zero attached hydrogens (tertiary/aromatic N) is 1. The van der Waals surface area contributed by atoms with Gasteiger partial charge in [0.25, 0.3) is 0 Å². The highest BCUT2D eigenvalue weighted by Gasteiger charge is 2.07. The van der Waals surface area contributed by atoms with Crippen LogP contribution in [0.15, 0.2) is 32.7 Å². The molecular weight excluding hydrogens is 326 g/mol. The van der Waals surface area contributed by atoms with E-state index in [0.29, 0.717) is 0 Å². The predicted molar refractivity (Wildman–Crippen MR) is 67.7 cm³/mol. The third kappa shape index (κ3) is 2.07. The van der Waals surface area contributed by atoms with Gasteiger partial charge in [0.15, 0.2) is 3.92 Å². The van der Waals surface area contributed by atoms with Gasteiger partial charge in [-0.3, -0.25) is 0 Å². The highest BCUT2D eigenvalue weighted by molar-refractivity contribution is 9.11. The van der Waals surface area contributed by atoms with E-state index in [4.69, 9.17) is 0 Å². The quantitative estimate of drug-likeness (QED) is 0.741. The summed E-state index contributed by atoms with van der Waals surface area (Å²) in [5.74, 6) is 0. The Morgan fingerprint density at radius 3 is 2.29 bits per heavy atom. The minimum absolute atomic E-state index is 0.938. The van der Waals surface area contributed by atoms with Gasteiger partial charge in [-0.1, -0.05) is 28.1 Å². The average Bonchev–Trinajstić information content (AvgIpc) is 2.47. The highest BCUT2D eigenvalue weighted by atomic mass is 79.9. The normalized spacial score (nSPS) is 10.5. The van der Waals surface area contributed by atoms with Crippen molar-refractivity contribution in [3.8, 4) is 11.3 Å². The van der Waals surface area contributed by atoms with E-state index >= 15 is 0 Å². The molecule has 0 saturated heterocycles. The van der Waals surface area contributed by atoms with Crippen molar-refractivity contribution in [3.63, 3.8) is 0 Å². The molecule has 0 aliphatic carbocycles. The molecule has 1 aromatic carbocycles. The molecule has 0 fully saturated rings. The predicted octanol–water partition coefficient (Wildman–Crippen LogP) is 4.64. The average molecular weight is 333 g/mol. The molecule has 4 heteroatoms. The molecule has 0 amide bonds. The lowest BCUT2D eigenvalue weighted by Crippen LogP contribution is -1.79. The van der Waals surface area contributed by atoms with Crippen LogP contribution in [0, 0.1) is 6.92 Å². The Labute approximate surface area is 103 Å². The van der Waals surface area contributed by atoms with Gasteiger partial charge >= 0.3 is 0 Å². The van der Waals surface area contributed by atoms with Crippen molar-refractivity contribution < 1.29 is 0 Å². The molecule has 0 aliphatic heterocycles. The monoisotopic (exact) mass is 331 g/mol. The maximum Gasteiger partial charge on any atom is 0.160 e. The zero-order valence-corrected chi connectivity index (χ0v) is 11.4. The molecule has 0 bridgehead atoms. The minimum Gasteiger partial charge on any atom is -0.229 e. The SMILES string of the molecule is Cc1sc(Br)nc1-c1ccc(Br)cc1. The van der Waals surface area contributed by atoms with Crippen LogP contribution >= 0.6 is 43.2 Å². The van der Waals surface area contributed by atoms with Crippen LogP contribution in [-0.2, 0) is 0 Å². The molecule has 0 radical (unpaired) electrons. The van der Waals surface area contributed by atoms with Crippen LogP contribution in [-0.4, -0.2) is 4.98 Å². The fourth-order valence-corrected chi connectivity index (χ4v) is 3.06. The van der Waals surface area contributed by atoms with E-state index in [1.807, 2.05) is 12.1 Å². The maximum absolute atomic E-state index is 4.43. The van der Waals surface area contributed by atoms with Crippen LogP contribution in [0.1, 0.15) is 4.88 Å². The Hall–Kier alpha value is -0.190. The highest BCUT2D eigenvalue weighted by Crippen LogP contribution is 2.30. The zero-order chi connectivity index (χ0) is 10.1. The number of benzene rings is 1. The van der Waals surface area contributed by atoms with E-state index in [1.165, 1.54) is 4.88 Å². The van der Waals surface area contributed by atoms with Crippen molar-refractivity contribution in [2.24, 2.45) is 0 Å². The molecule has 0 saturated carbocycles. The topological polar surface area (TPSA) is 12.9 Å². The first-order valence-corrected chi connectivity index (χ1v) is 6.46. The Morgan fingerprint density at radius 1 is 1.14 bits per heavy atom. The Balaban J connectivity index is 2.49. The van der Waals surface area contributed by atoms with Gasteiger partial charge < -0.3 is 0 Å². The molecule has 2 rings (SSSR count). The van der Waals surface area contributed by atoms with E-state index in [-0.39, 0.29) is 0 Å². The van der Waals surface area contributed by atoms with Crippen LogP contribution < -0.4 is 0 Å². The number of halogens is 2. The molecule has 1 aromatic heterocycles. The molecule has 1 heterocycles.